The Hall–Kier alpha value is -2.69. The molecule has 1 N–H and O–H groups in total. The lowest BCUT2D eigenvalue weighted by Gasteiger charge is -2.10. The molecule has 0 atom stereocenters. The van der Waals surface area contributed by atoms with E-state index in [-0.39, 0.29) is 18.1 Å². The van der Waals surface area contributed by atoms with Gasteiger partial charge in [0.2, 0.25) is 5.91 Å². The Kier molecular flexibility index (Phi) is 5.25. The van der Waals surface area contributed by atoms with Crippen LogP contribution in [0.2, 0.25) is 0 Å². The SMILES string of the molecule is COc1ccc(C(C)=O)cc1CC(=O)NCc1ccccn1. The summed E-state index contributed by atoms with van der Waals surface area (Å²) in [6.07, 6.45) is 1.83. The maximum Gasteiger partial charge on any atom is 0.224 e. The van der Waals surface area contributed by atoms with Gasteiger partial charge in [0.1, 0.15) is 5.75 Å². The Balaban J connectivity index is 2.04. The maximum absolute atomic E-state index is 12.1. The van der Waals surface area contributed by atoms with Gasteiger partial charge in [-0.1, -0.05) is 6.07 Å². The summed E-state index contributed by atoms with van der Waals surface area (Å²) in [6, 6.07) is 10.6. The number of aromatic nitrogens is 1. The molecule has 5 heteroatoms. The fourth-order valence-corrected chi connectivity index (χ4v) is 2.06. The molecule has 0 saturated heterocycles. The molecule has 2 rings (SSSR count). The molecule has 0 saturated carbocycles. The Morgan fingerprint density at radius 1 is 1.23 bits per heavy atom. The van der Waals surface area contributed by atoms with Crippen molar-refractivity contribution in [1.29, 1.82) is 0 Å². The second-order valence-corrected chi connectivity index (χ2v) is 4.86. The third kappa shape index (κ3) is 4.15. The molecule has 22 heavy (non-hydrogen) atoms. The zero-order valence-electron chi connectivity index (χ0n) is 12.6. The topological polar surface area (TPSA) is 68.3 Å². The molecule has 0 bridgehead atoms. The average Bonchev–Trinajstić information content (AvgIpc) is 2.53. The molecule has 0 aliphatic carbocycles. The van der Waals surface area contributed by atoms with Crippen LogP contribution in [0.3, 0.4) is 0 Å². The van der Waals surface area contributed by atoms with Crippen LogP contribution in [-0.4, -0.2) is 23.8 Å². The van der Waals surface area contributed by atoms with Gasteiger partial charge in [0.05, 0.1) is 25.8 Å². The standard InChI is InChI=1S/C17H18N2O3/c1-12(20)13-6-7-16(22-2)14(9-13)10-17(21)19-11-15-5-3-4-8-18-15/h3-9H,10-11H2,1-2H3,(H,19,21). The van der Waals surface area contributed by atoms with E-state index in [1.165, 1.54) is 14.0 Å². The summed E-state index contributed by atoms with van der Waals surface area (Å²) in [5.74, 6) is 0.403. The first kappa shape index (κ1) is 15.7. The fraction of sp³-hybridized carbons (Fsp3) is 0.235. The largest absolute Gasteiger partial charge is 0.496 e. The molecule has 1 aromatic carbocycles. The van der Waals surface area contributed by atoms with Crippen LogP contribution in [0.15, 0.2) is 42.6 Å². The van der Waals surface area contributed by atoms with Crippen molar-refractivity contribution in [3.05, 3.63) is 59.4 Å². The normalized spacial score (nSPS) is 10.1. The minimum absolute atomic E-state index is 0.0437. The smallest absolute Gasteiger partial charge is 0.224 e. The van der Waals surface area contributed by atoms with Gasteiger partial charge < -0.3 is 10.1 Å². The Bertz CT molecular complexity index is 669. The maximum atomic E-state index is 12.1. The number of hydrogen-bond donors (Lipinski definition) is 1. The van der Waals surface area contributed by atoms with E-state index in [0.717, 1.165) is 5.69 Å². The van der Waals surface area contributed by atoms with Crippen LogP contribution in [0.4, 0.5) is 0 Å². The van der Waals surface area contributed by atoms with Crippen molar-refractivity contribution < 1.29 is 14.3 Å². The highest BCUT2D eigenvalue weighted by atomic mass is 16.5. The van der Waals surface area contributed by atoms with Crippen LogP contribution in [0.1, 0.15) is 28.5 Å². The average molecular weight is 298 g/mol. The molecule has 5 nitrogen and oxygen atoms in total. The summed E-state index contributed by atoms with van der Waals surface area (Å²) in [6.45, 7) is 1.86. The molecule has 0 aliphatic rings. The van der Waals surface area contributed by atoms with E-state index in [2.05, 4.69) is 10.3 Å². The zero-order valence-corrected chi connectivity index (χ0v) is 12.6. The van der Waals surface area contributed by atoms with Crippen LogP contribution in [0.5, 0.6) is 5.75 Å². The van der Waals surface area contributed by atoms with E-state index in [1.807, 2.05) is 18.2 Å². The summed E-state index contributed by atoms with van der Waals surface area (Å²) in [5.41, 5.74) is 2.04. The second-order valence-electron chi connectivity index (χ2n) is 4.86. The number of nitrogens with one attached hydrogen (secondary N) is 1. The Morgan fingerprint density at radius 3 is 2.68 bits per heavy atom. The highest BCUT2D eigenvalue weighted by Crippen LogP contribution is 2.20. The van der Waals surface area contributed by atoms with Crippen LogP contribution in [0.25, 0.3) is 0 Å². The molecule has 114 valence electrons. The number of pyridine rings is 1. The van der Waals surface area contributed by atoms with Gasteiger partial charge in [0.15, 0.2) is 5.78 Å². The number of ketones is 1. The van der Waals surface area contributed by atoms with Crippen LogP contribution >= 0.6 is 0 Å². The molecular formula is C17H18N2O3. The van der Waals surface area contributed by atoms with Gasteiger partial charge in [-0.2, -0.15) is 0 Å². The van der Waals surface area contributed by atoms with Crippen LogP contribution in [0, 0.1) is 0 Å². The van der Waals surface area contributed by atoms with Crippen molar-refractivity contribution in [2.24, 2.45) is 0 Å². The molecule has 2 aromatic rings. The van der Waals surface area contributed by atoms with Crippen LogP contribution < -0.4 is 10.1 Å². The predicted octanol–water partition coefficient (Wildman–Crippen LogP) is 2.15. The molecule has 1 amide bonds. The Morgan fingerprint density at radius 2 is 2.05 bits per heavy atom. The van der Waals surface area contributed by atoms with Crippen molar-refractivity contribution in [2.75, 3.05) is 7.11 Å². The number of rotatable bonds is 6. The number of amides is 1. The highest BCUT2D eigenvalue weighted by molar-refractivity contribution is 5.94. The van der Waals surface area contributed by atoms with E-state index in [4.69, 9.17) is 4.74 Å². The number of carbonyl (C=O) groups is 2. The highest BCUT2D eigenvalue weighted by Gasteiger charge is 2.11. The van der Waals surface area contributed by atoms with Gasteiger partial charge in [-0.3, -0.25) is 14.6 Å². The molecule has 0 fully saturated rings. The van der Waals surface area contributed by atoms with Gasteiger partial charge in [-0.15, -0.1) is 0 Å². The number of methoxy groups -OCH3 is 1. The third-order valence-corrected chi connectivity index (χ3v) is 3.23. The molecule has 0 unspecified atom stereocenters. The summed E-state index contributed by atoms with van der Waals surface area (Å²) >= 11 is 0. The summed E-state index contributed by atoms with van der Waals surface area (Å²) < 4.78 is 5.24. The van der Waals surface area contributed by atoms with E-state index in [1.54, 1.807) is 24.4 Å². The van der Waals surface area contributed by atoms with Crippen molar-refractivity contribution in [3.63, 3.8) is 0 Å². The van der Waals surface area contributed by atoms with Crippen molar-refractivity contribution >= 4 is 11.7 Å². The summed E-state index contributed by atoms with van der Waals surface area (Å²) in [5, 5.41) is 2.81. The number of ether oxygens (including phenoxy) is 1. The lowest BCUT2D eigenvalue weighted by molar-refractivity contribution is -0.120. The molecular weight excluding hydrogens is 280 g/mol. The summed E-state index contributed by atoms with van der Waals surface area (Å²) in [4.78, 5) is 27.6. The van der Waals surface area contributed by atoms with Gasteiger partial charge >= 0.3 is 0 Å². The van der Waals surface area contributed by atoms with E-state index in [9.17, 15) is 9.59 Å². The molecule has 0 aliphatic heterocycles. The first-order chi connectivity index (χ1) is 10.6. The van der Waals surface area contributed by atoms with E-state index < -0.39 is 0 Å². The van der Waals surface area contributed by atoms with E-state index >= 15 is 0 Å². The first-order valence-electron chi connectivity index (χ1n) is 6.94. The zero-order chi connectivity index (χ0) is 15.9. The first-order valence-corrected chi connectivity index (χ1v) is 6.94. The van der Waals surface area contributed by atoms with E-state index in [0.29, 0.717) is 23.4 Å². The predicted molar refractivity (Wildman–Crippen MR) is 82.8 cm³/mol. The Labute approximate surface area is 129 Å². The number of carbonyl (C=O) groups excluding carboxylic acids is 2. The third-order valence-electron chi connectivity index (χ3n) is 3.23. The number of hydrogen-bond acceptors (Lipinski definition) is 4. The minimum atomic E-state index is -0.148. The van der Waals surface area contributed by atoms with Crippen molar-refractivity contribution in [3.8, 4) is 5.75 Å². The lowest BCUT2D eigenvalue weighted by atomic mass is 10.0. The van der Waals surface area contributed by atoms with Crippen molar-refractivity contribution in [1.82, 2.24) is 10.3 Å². The lowest BCUT2D eigenvalue weighted by Crippen LogP contribution is -2.25. The molecule has 1 aromatic heterocycles. The fourth-order valence-electron chi connectivity index (χ4n) is 2.06. The van der Waals surface area contributed by atoms with Gasteiger partial charge in [0.25, 0.3) is 0 Å². The second kappa shape index (κ2) is 7.36. The monoisotopic (exact) mass is 298 g/mol. The van der Waals surface area contributed by atoms with Crippen molar-refractivity contribution in [2.45, 2.75) is 19.9 Å². The number of nitrogens with zero attached hydrogens (tertiary/aromatic N) is 1. The quantitative estimate of drug-likeness (QED) is 0.830. The molecule has 1 heterocycles. The molecule has 0 radical (unpaired) electrons. The minimum Gasteiger partial charge on any atom is -0.496 e. The molecule has 0 spiro atoms. The summed E-state index contributed by atoms with van der Waals surface area (Å²) in [7, 11) is 1.54. The number of benzene rings is 1. The van der Waals surface area contributed by atoms with Gasteiger partial charge in [0, 0.05) is 17.3 Å². The number of Topliss-reactive ketones (excluding diaryl/α,β-unsaturated/α-hetero) is 1. The van der Waals surface area contributed by atoms with Crippen LogP contribution in [-0.2, 0) is 17.8 Å². The van der Waals surface area contributed by atoms with Gasteiger partial charge in [-0.05, 0) is 37.3 Å². The van der Waals surface area contributed by atoms with Gasteiger partial charge in [-0.25, -0.2) is 0 Å².